The number of anilines is 8. The number of aliphatic hydroxyl groups excluding tert-OH is 2. The summed E-state index contributed by atoms with van der Waals surface area (Å²) >= 11 is 1.73. The van der Waals surface area contributed by atoms with Gasteiger partial charge in [0.2, 0.25) is 30.2 Å². The highest BCUT2D eigenvalue weighted by Gasteiger charge is 2.49. The summed E-state index contributed by atoms with van der Waals surface area (Å²) in [4.78, 5) is 44.7. The van der Waals surface area contributed by atoms with E-state index in [9.17, 15) is 31.3 Å². The number of hydrogen-bond acceptors (Lipinski definition) is 28. The number of hydrogen-bond donors (Lipinski definition) is 10. The van der Waals surface area contributed by atoms with Crippen molar-refractivity contribution in [3.05, 3.63) is 147 Å². The van der Waals surface area contributed by atoms with Gasteiger partial charge in [0.1, 0.15) is 81.3 Å². The van der Waals surface area contributed by atoms with Crippen LogP contribution in [0.25, 0.3) is 10.9 Å². The quantitative estimate of drug-likeness (QED) is 0.0269. The van der Waals surface area contributed by atoms with Gasteiger partial charge in [-0.25, -0.2) is 19.9 Å². The van der Waals surface area contributed by atoms with E-state index in [4.69, 9.17) is 8.94 Å². The zero-order valence-electron chi connectivity index (χ0n) is 62.5. The summed E-state index contributed by atoms with van der Waals surface area (Å²) in [6, 6.07) is 27.7. The highest BCUT2D eigenvalue weighted by molar-refractivity contribution is 7.09. The van der Waals surface area contributed by atoms with E-state index in [1.165, 1.54) is 36.5 Å². The molecule has 0 bridgehead atoms. The molecule has 4 aliphatic rings. The zero-order chi connectivity index (χ0) is 75.6. The normalized spacial score (nSPS) is 21.1. The third-order valence-electron chi connectivity index (χ3n) is 21.6. The maximum atomic E-state index is 9.95. The predicted molar refractivity (Wildman–Crippen MR) is 420 cm³/mol. The minimum Gasteiger partial charge on any atom is -0.466 e. The molecule has 0 unspecified atom stereocenters. The number of thiophene rings is 1. The smallest absolute Gasteiger partial charge is 0.224 e. The molecule has 8 heterocycles. The first-order valence-corrected chi connectivity index (χ1v) is 37.3. The molecule has 0 aliphatic heterocycles. The van der Waals surface area contributed by atoms with Gasteiger partial charge in [0.05, 0.1) is 42.5 Å². The second kappa shape index (κ2) is 35.4. The number of nitrogens with one attached hydrogen (secondary N) is 8. The van der Waals surface area contributed by atoms with Crippen molar-refractivity contribution in [2.45, 2.75) is 190 Å². The molecule has 0 amide bonds. The van der Waals surface area contributed by atoms with Gasteiger partial charge in [-0.05, 0) is 129 Å². The summed E-state index contributed by atoms with van der Waals surface area (Å²) in [5, 5.41) is 90.5. The molecule has 8 atom stereocenters. The standard InChI is InChI=1S/C22H24N6O.C21H29N5O.C18H25N7O.C17H21N5OS.4H2/c1-22(2)17(11-18(22)29)27-20-16(12-23)13-26-21(28-20)25-10-8-15-6-3-5-14-7-4-9-24-19(14)15;1-14-5-7-17(11-21(14,3)4)25-19-16(12-22)13-24-20(26-19)23-10-9-18-8-6-15(2)27-18;1-12-4-5-14(8-18(12,2)3)23-16-13(9-19)10-21-17(24-16)20-7-6-15-22-11-26-25-15;1-17(2)13(8-14(17)23)21-15-11(9-18)10-20-16(22-15)19-6-5-12-4-3-7-24-12;;;;/h3-7,9,13,17-18,29H,8,10-11H2,1-2H3,(H2,25,26,27,28);6,8,13-14,17H,5,7,9-11H2,1-4H3,(H2,23,24,25,26);10-12,14H,4-8H2,1-3H3,(H2,20,21,23,24);3-4,7,10,13-14,23H,5-6,8H2,1-2H3,(H2,19,20,21,22);4*1H/t17-,18+;14-,17+;12-,14+;13-,14+;;;;/m1001..../s1. The molecule has 106 heavy (non-hydrogen) atoms. The molecule has 27 nitrogen and oxygen atoms in total. The van der Waals surface area contributed by atoms with Gasteiger partial charge in [0.25, 0.3) is 0 Å². The van der Waals surface area contributed by atoms with Crippen LogP contribution in [0.2, 0.25) is 0 Å². The number of nitrogens with zero attached hydrogens (tertiary/aromatic N) is 15. The lowest BCUT2D eigenvalue weighted by atomic mass is 9.64. The zero-order valence-corrected chi connectivity index (χ0v) is 63.3. The minimum absolute atomic E-state index is 0. The second-order valence-electron chi connectivity index (χ2n) is 30.5. The van der Waals surface area contributed by atoms with Gasteiger partial charge in [0.15, 0.2) is 5.82 Å². The Balaban J connectivity index is 0.000000227. The van der Waals surface area contributed by atoms with Gasteiger partial charge < -0.3 is 61.7 Å². The van der Waals surface area contributed by atoms with Crippen molar-refractivity contribution in [2.24, 2.45) is 33.5 Å². The summed E-state index contributed by atoms with van der Waals surface area (Å²) in [6.07, 6.45) is 19.7. The number of fused-ring (bicyclic) bond motifs is 1. The Bertz CT molecular complexity index is 4550. The van der Waals surface area contributed by atoms with Gasteiger partial charge in [0, 0.05) is 96.2 Å². The fourth-order valence-corrected chi connectivity index (χ4v) is 14.1. The van der Waals surface area contributed by atoms with Crippen molar-refractivity contribution < 1.29 is 24.9 Å². The first-order chi connectivity index (χ1) is 50.8. The molecular formula is C78H107N23O4S. The molecule has 4 saturated carbocycles. The van der Waals surface area contributed by atoms with Crippen LogP contribution in [0.3, 0.4) is 0 Å². The van der Waals surface area contributed by atoms with Crippen LogP contribution in [0.5, 0.6) is 0 Å². The number of benzene rings is 1. The van der Waals surface area contributed by atoms with Crippen LogP contribution < -0.4 is 42.5 Å². The monoisotopic (exact) mass is 1460 g/mol. The van der Waals surface area contributed by atoms with Crippen LogP contribution in [-0.4, -0.2) is 128 Å². The summed E-state index contributed by atoms with van der Waals surface area (Å²) in [5.74, 6) is 8.12. The number of aliphatic hydroxyl groups is 2. The molecule has 0 saturated heterocycles. The van der Waals surface area contributed by atoms with Crippen molar-refractivity contribution in [2.75, 3.05) is 68.7 Å². The van der Waals surface area contributed by atoms with Crippen molar-refractivity contribution in [3.8, 4) is 24.3 Å². The maximum absolute atomic E-state index is 9.95. The number of furan rings is 1. The van der Waals surface area contributed by atoms with Crippen molar-refractivity contribution in [3.63, 3.8) is 0 Å². The molecule has 9 aromatic rings. The van der Waals surface area contributed by atoms with E-state index in [-0.39, 0.29) is 51.7 Å². The fraction of sp³-hybridized carbons (Fsp3) is 0.500. The van der Waals surface area contributed by atoms with E-state index in [0.717, 1.165) is 79.5 Å². The lowest BCUT2D eigenvalue weighted by Gasteiger charge is -2.49. The average Bonchev–Trinajstić information content (AvgIpc) is 0.836. The van der Waals surface area contributed by atoms with E-state index in [1.54, 1.807) is 29.9 Å². The summed E-state index contributed by atoms with van der Waals surface area (Å²) in [7, 11) is 0. The Morgan fingerprint density at radius 1 is 0.528 bits per heavy atom. The topological polar surface area (TPSA) is 400 Å². The molecule has 8 aromatic heterocycles. The molecule has 0 radical (unpaired) electrons. The van der Waals surface area contributed by atoms with Gasteiger partial charge in [-0.1, -0.05) is 105 Å². The SMILES string of the molecule is CC1(C)[C@@H](O)C[C@H]1Nc1nc(NCCc2cccc3cccnc23)ncc1C#N.CC1(C)[C@@H](O)C[C@H]1Nc1nc(NCCc2cccs2)ncc1C#N.C[C@H]1CC[C@@H](Nc2nc(NCCc3ncon3)ncc2C#N)CC1(C)C.Cc1ccc(CCNc2ncc(C#N)c(N[C@@H]3CC[C@H](C)C(C)(C)C3)n2)o1.[HH].[HH].[HH].[HH]. The highest BCUT2D eigenvalue weighted by atomic mass is 32.1. The first-order valence-electron chi connectivity index (χ1n) is 36.5. The predicted octanol–water partition coefficient (Wildman–Crippen LogP) is 14.3. The van der Waals surface area contributed by atoms with E-state index in [2.05, 4.69) is 193 Å². The number of para-hydroxylation sites is 1. The molecule has 10 N–H and O–H groups in total. The summed E-state index contributed by atoms with van der Waals surface area (Å²) in [5.41, 5.74) is 4.00. The number of aromatic nitrogens is 11. The Labute approximate surface area is 630 Å². The largest absolute Gasteiger partial charge is 0.466 e. The highest BCUT2D eigenvalue weighted by Crippen LogP contribution is 2.45. The third-order valence-corrected chi connectivity index (χ3v) is 22.5. The Morgan fingerprint density at radius 2 is 0.991 bits per heavy atom. The van der Waals surface area contributed by atoms with Crippen LogP contribution in [0.4, 0.5) is 47.1 Å². The Hall–Kier alpha value is -10.7. The molecule has 564 valence electrons. The van der Waals surface area contributed by atoms with Crippen molar-refractivity contribution in [1.82, 2.24) is 55.0 Å². The number of pyridine rings is 1. The van der Waals surface area contributed by atoms with Crippen LogP contribution in [0.15, 0.2) is 106 Å². The number of nitriles is 4. The number of aryl methyl sites for hydroxylation is 1. The molecule has 4 aliphatic carbocycles. The molecule has 4 fully saturated rings. The van der Waals surface area contributed by atoms with Gasteiger partial charge in [-0.3, -0.25) is 4.98 Å². The lowest BCUT2D eigenvalue weighted by molar-refractivity contribution is -0.0512. The van der Waals surface area contributed by atoms with E-state index in [0.29, 0.717) is 138 Å². The van der Waals surface area contributed by atoms with Crippen LogP contribution in [-0.2, 0) is 25.7 Å². The minimum atomic E-state index is -0.348. The molecule has 13 rings (SSSR count). The lowest BCUT2D eigenvalue weighted by Crippen LogP contribution is -2.57. The van der Waals surface area contributed by atoms with E-state index >= 15 is 0 Å². The van der Waals surface area contributed by atoms with E-state index < -0.39 is 0 Å². The maximum Gasteiger partial charge on any atom is 0.224 e. The Morgan fingerprint density at radius 3 is 1.41 bits per heavy atom. The van der Waals surface area contributed by atoms with Gasteiger partial charge >= 0.3 is 0 Å². The second-order valence-corrected chi connectivity index (χ2v) is 31.5. The Kier molecular flexibility index (Phi) is 26.0. The fourth-order valence-electron chi connectivity index (χ4n) is 13.4. The number of rotatable bonds is 24. The molecule has 1 aromatic carbocycles. The first kappa shape index (κ1) is 78.0. The van der Waals surface area contributed by atoms with Crippen molar-refractivity contribution >= 4 is 69.3 Å². The summed E-state index contributed by atoms with van der Waals surface area (Å²) in [6.45, 7) is 26.5. The van der Waals surface area contributed by atoms with Crippen LogP contribution >= 0.6 is 11.3 Å². The molecule has 28 heteroatoms. The van der Waals surface area contributed by atoms with Crippen LogP contribution in [0, 0.1) is 85.7 Å². The summed E-state index contributed by atoms with van der Waals surface area (Å²) < 4.78 is 10.3. The third kappa shape index (κ3) is 20.4. The van der Waals surface area contributed by atoms with Crippen molar-refractivity contribution in [1.29, 1.82) is 21.0 Å². The molecule has 0 spiro atoms. The average molecular weight is 1460 g/mol. The molecular weight excluding hydrogens is 1360 g/mol. The van der Waals surface area contributed by atoms with Gasteiger partial charge in [-0.15, -0.1) is 11.3 Å². The van der Waals surface area contributed by atoms with E-state index in [1.807, 2.05) is 65.0 Å². The van der Waals surface area contributed by atoms with Gasteiger partial charge in [-0.2, -0.15) is 46.0 Å². The van der Waals surface area contributed by atoms with Crippen LogP contribution in [0.1, 0.15) is 176 Å².